The van der Waals surface area contributed by atoms with Crippen molar-refractivity contribution >= 4 is 29.2 Å². The fourth-order valence-electron chi connectivity index (χ4n) is 4.02. The van der Waals surface area contributed by atoms with Crippen molar-refractivity contribution in [2.24, 2.45) is 0 Å². The fourth-order valence-corrected chi connectivity index (χ4v) is 4.63. The molecule has 7 heteroatoms. The van der Waals surface area contributed by atoms with Crippen LogP contribution in [0, 0.1) is 6.92 Å². The van der Waals surface area contributed by atoms with Gasteiger partial charge in [-0.15, -0.1) is 11.3 Å². The minimum absolute atomic E-state index is 0.0862. The highest BCUT2D eigenvalue weighted by atomic mass is 32.1. The lowest BCUT2D eigenvalue weighted by molar-refractivity contribution is -0.131. The molecule has 0 bridgehead atoms. The van der Waals surface area contributed by atoms with Crippen molar-refractivity contribution in [3.63, 3.8) is 0 Å². The van der Waals surface area contributed by atoms with E-state index < -0.39 is 0 Å². The predicted octanol–water partition coefficient (Wildman–Crippen LogP) is 3.92. The topological polar surface area (TPSA) is 71.5 Å². The molecule has 1 aliphatic heterocycles. The number of rotatable bonds is 7. The van der Waals surface area contributed by atoms with Crippen molar-refractivity contribution in [2.45, 2.75) is 32.9 Å². The molecule has 2 aromatic heterocycles. The Morgan fingerprint density at radius 3 is 2.94 bits per heavy atom. The van der Waals surface area contributed by atoms with Gasteiger partial charge in [0.15, 0.2) is 0 Å². The summed E-state index contributed by atoms with van der Waals surface area (Å²) in [5, 5.41) is 4.96. The predicted molar refractivity (Wildman–Crippen MR) is 130 cm³/mol. The molecule has 170 valence electrons. The first-order chi connectivity index (χ1) is 16.0. The van der Waals surface area contributed by atoms with Crippen LogP contribution in [0.1, 0.15) is 32.8 Å². The fraction of sp³-hybridized carbons (Fsp3) is 0.269. The van der Waals surface area contributed by atoms with E-state index >= 15 is 0 Å². The lowest BCUT2D eigenvalue weighted by Gasteiger charge is -2.30. The second-order valence-corrected chi connectivity index (χ2v) is 8.97. The molecule has 0 saturated carbocycles. The number of amides is 2. The van der Waals surface area contributed by atoms with Crippen molar-refractivity contribution < 1.29 is 14.3 Å². The molecule has 33 heavy (non-hydrogen) atoms. The number of ether oxygens (including phenoxy) is 1. The van der Waals surface area contributed by atoms with E-state index in [1.807, 2.05) is 65.9 Å². The van der Waals surface area contributed by atoms with E-state index in [2.05, 4.69) is 10.3 Å². The van der Waals surface area contributed by atoms with Gasteiger partial charge in [0.05, 0.1) is 13.5 Å². The van der Waals surface area contributed by atoms with Crippen LogP contribution in [-0.4, -0.2) is 35.4 Å². The number of thiophene rings is 1. The van der Waals surface area contributed by atoms with E-state index in [1.54, 1.807) is 24.5 Å². The Morgan fingerprint density at radius 1 is 1.27 bits per heavy atom. The standard InChI is InChI=1S/C26H27N3O3S/c1-18-24(16-28-25(30)9-8-22-7-4-12-33-22)23-10-11-29(17-20(23)15-27-18)26(31)14-19-5-3-6-21(13-19)32-2/h3-9,12-13,15H,10-11,14,16-17H2,1-2H3,(H,28,30)/b9-8+. The van der Waals surface area contributed by atoms with Crippen LogP contribution < -0.4 is 10.1 Å². The first kappa shape index (κ1) is 22.7. The Labute approximate surface area is 197 Å². The van der Waals surface area contributed by atoms with Gasteiger partial charge in [0, 0.05) is 42.5 Å². The van der Waals surface area contributed by atoms with E-state index in [0.717, 1.165) is 39.4 Å². The maximum atomic E-state index is 12.9. The molecule has 0 fully saturated rings. The van der Waals surface area contributed by atoms with Crippen molar-refractivity contribution in [1.29, 1.82) is 0 Å². The van der Waals surface area contributed by atoms with Gasteiger partial charge in [-0.05, 0) is 65.3 Å². The number of aryl methyl sites for hydroxylation is 1. The molecular weight excluding hydrogens is 434 g/mol. The van der Waals surface area contributed by atoms with Crippen molar-refractivity contribution in [3.05, 3.63) is 86.9 Å². The Balaban J connectivity index is 1.40. The van der Waals surface area contributed by atoms with E-state index in [-0.39, 0.29) is 11.8 Å². The summed E-state index contributed by atoms with van der Waals surface area (Å²) in [5.74, 6) is 0.704. The van der Waals surface area contributed by atoms with Gasteiger partial charge in [0.25, 0.3) is 0 Å². The number of fused-ring (bicyclic) bond motifs is 1. The van der Waals surface area contributed by atoms with Crippen LogP contribution in [0.15, 0.2) is 54.1 Å². The first-order valence-electron chi connectivity index (χ1n) is 10.9. The second-order valence-electron chi connectivity index (χ2n) is 7.99. The van der Waals surface area contributed by atoms with Crippen LogP contribution >= 0.6 is 11.3 Å². The highest BCUT2D eigenvalue weighted by Crippen LogP contribution is 2.25. The summed E-state index contributed by atoms with van der Waals surface area (Å²) in [6.45, 7) is 3.57. The summed E-state index contributed by atoms with van der Waals surface area (Å²) in [6, 6.07) is 11.5. The smallest absolute Gasteiger partial charge is 0.244 e. The van der Waals surface area contributed by atoms with Crippen LogP contribution in [0.2, 0.25) is 0 Å². The Bertz CT molecular complexity index is 1170. The summed E-state index contributed by atoms with van der Waals surface area (Å²) in [5.41, 5.74) is 5.13. The molecule has 0 radical (unpaired) electrons. The second kappa shape index (κ2) is 10.4. The third-order valence-corrected chi connectivity index (χ3v) is 6.66. The molecule has 6 nitrogen and oxygen atoms in total. The van der Waals surface area contributed by atoms with Gasteiger partial charge in [-0.3, -0.25) is 14.6 Å². The maximum Gasteiger partial charge on any atom is 0.244 e. The third-order valence-electron chi connectivity index (χ3n) is 5.82. The number of carbonyl (C=O) groups excluding carboxylic acids is 2. The number of methoxy groups -OCH3 is 1. The van der Waals surface area contributed by atoms with Crippen LogP contribution in [0.4, 0.5) is 0 Å². The average molecular weight is 462 g/mol. The highest BCUT2D eigenvalue weighted by molar-refractivity contribution is 7.10. The van der Waals surface area contributed by atoms with Gasteiger partial charge in [-0.2, -0.15) is 0 Å². The minimum Gasteiger partial charge on any atom is -0.497 e. The minimum atomic E-state index is -0.133. The molecule has 2 amide bonds. The summed E-state index contributed by atoms with van der Waals surface area (Å²) < 4.78 is 5.26. The Morgan fingerprint density at radius 2 is 2.15 bits per heavy atom. The van der Waals surface area contributed by atoms with Crippen LogP contribution in [0.5, 0.6) is 5.75 Å². The zero-order chi connectivity index (χ0) is 23.2. The van der Waals surface area contributed by atoms with Crippen LogP contribution in [0.25, 0.3) is 6.08 Å². The van der Waals surface area contributed by atoms with E-state index in [4.69, 9.17) is 4.74 Å². The third kappa shape index (κ3) is 5.68. The number of hydrogen-bond acceptors (Lipinski definition) is 5. The highest BCUT2D eigenvalue weighted by Gasteiger charge is 2.24. The SMILES string of the molecule is COc1cccc(CC(=O)N2CCc3c(cnc(C)c3CNC(=O)/C=C/c3cccs3)C2)c1. The zero-order valence-corrected chi connectivity index (χ0v) is 19.7. The molecule has 0 saturated heterocycles. The molecule has 0 spiro atoms. The maximum absolute atomic E-state index is 12.9. The lowest BCUT2D eigenvalue weighted by Crippen LogP contribution is -2.38. The summed E-state index contributed by atoms with van der Waals surface area (Å²) in [7, 11) is 1.62. The Kier molecular flexibility index (Phi) is 7.19. The van der Waals surface area contributed by atoms with Gasteiger partial charge in [-0.25, -0.2) is 0 Å². The van der Waals surface area contributed by atoms with E-state index in [1.165, 1.54) is 5.56 Å². The monoisotopic (exact) mass is 461 g/mol. The number of nitrogens with one attached hydrogen (secondary N) is 1. The molecule has 0 atom stereocenters. The normalized spacial score (nSPS) is 13.1. The van der Waals surface area contributed by atoms with Gasteiger partial charge < -0.3 is 15.0 Å². The Hall–Kier alpha value is -3.45. The number of pyridine rings is 1. The number of carbonyl (C=O) groups is 2. The number of aromatic nitrogens is 1. The van der Waals surface area contributed by atoms with Crippen molar-refractivity contribution in [1.82, 2.24) is 15.2 Å². The molecule has 0 unspecified atom stereocenters. The molecule has 3 heterocycles. The van der Waals surface area contributed by atoms with E-state index in [9.17, 15) is 9.59 Å². The van der Waals surface area contributed by atoms with Gasteiger partial charge >= 0.3 is 0 Å². The number of benzene rings is 1. The lowest BCUT2D eigenvalue weighted by atomic mass is 9.94. The zero-order valence-electron chi connectivity index (χ0n) is 18.8. The van der Waals surface area contributed by atoms with Crippen molar-refractivity contribution in [2.75, 3.05) is 13.7 Å². The molecule has 3 aromatic rings. The average Bonchev–Trinajstić information content (AvgIpc) is 3.35. The number of hydrogen-bond donors (Lipinski definition) is 1. The van der Waals surface area contributed by atoms with Crippen molar-refractivity contribution in [3.8, 4) is 5.75 Å². The molecule has 4 rings (SSSR count). The quantitative estimate of drug-likeness (QED) is 0.542. The molecule has 1 N–H and O–H groups in total. The summed E-state index contributed by atoms with van der Waals surface area (Å²) in [6.07, 6.45) is 6.32. The van der Waals surface area contributed by atoms with Gasteiger partial charge in [0.1, 0.15) is 5.75 Å². The van der Waals surface area contributed by atoms with Crippen LogP contribution in [0.3, 0.4) is 0 Å². The molecule has 1 aromatic carbocycles. The molecule has 0 aliphatic carbocycles. The largest absolute Gasteiger partial charge is 0.497 e. The molecule has 1 aliphatic rings. The molecular formula is C26H27N3O3S. The van der Waals surface area contributed by atoms with Crippen LogP contribution in [-0.2, 0) is 35.5 Å². The first-order valence-corrected chi connectivity index (χ1v) is 11.8. The summed E-state index contributed by atoms with van der Waals surface area (Å²) >= 11 is 1.59. The van der Waals surface area contributed by atoms with Gasteiger partial charge in [-0.1, -0.05) is 18.2 Å². The van der Waals surface area contributed by atoms with Gasteiger partial charge in [0.2, 0.25) is 11.8 Å². The van der Waals surface area contributed by atoms with E-state index in [0.29, 0.717) is 26.1 Å². The summed E-state index contributed by atoms with van der Waals surface area (Å²) in [4.78, 5) is 32.6. The number of nitrogens with zero attached hydrogens (tertiary/aromatic N) is 2.